The summed E-state index contributed by atoms with van der Waals surface area (Å²) in [7, 11) is 0. The topological polar surface area (TPSA) is 32.6 Å². The maximum atomic E-state index is 8.76. The summed E-state index contributed by atoms with van der Waals surface area (Å²) >= 11 is 0. The van der Waals surface area contributed by atoms with Crippen molar-refractivity contribution >= 4 is 5.71 Å². The van der Waals surface area contributed by atoms with Crippen molar-refractivity contribution in [1.82, 2.24) is 0 Å². The molecule has 0 aromatic heterocycles. The van der Waals surface area contributed by atoms with Gasteiger partial charge in [-0.25, -0.2) is 0 Å². The molecule has 12 heavy (non-hydrogen) atoms. The minimum atomic E-state index is 0.457. The monoisotopic (exact) mass is 167 g/mol. The highest BCUT2D eigenvalue weighted by Crippen LogP contribution is 2.57. The van der Waals surface area contributed by atoms with Crippen LogP contribution in [0.3, 0.4) is 0 Å². The van der Waals surface area contributed by atoms with Crippen LogP contribution in [-0.4, -0.2) is 10.9 Å². The first-order valence-electron chi connectivity index (χ1n) is 4.78. The molecule has 3 atom stereocenters. The van der Waals surface area contributed by atoms with Crippen LogP contribution < -0.4 is 0 Å². The van der Waals surface area contributed by atoms with Gasteiger partial charge in [0.15, 0.2) is 0 Å². The van der Waals surface area contributed by atoms with Crippen molar-refractivity contribution in [1.29, 1.82) is 0 Å². The average molecular weight is 167 g/mol. The van der Waals surface area contributed by atoms with E-state index in [0.29, 0.717) is 17.3 Å². The molecule has 0 spiro atoms. The lowest BCUT2D eigenvalue weighted by molar-refractivity contribution is 0.178. The van der Waals surface area contributed by atoms with Gasteiger partial charge in [0.2, 0.25) is 0 Å². The molecule has 2 rings (SSSR count). The Bertz CT molecular complexity index is 228. The van der Waals surface area contributed by atoms with Gasteiger partial charge in [-0.05, 0) is 30.1 Å². The molecule has 2 aliphatic rings. The lowest BCUT2D eigenvalue weighted by atomic mass is 9.69. The van der Waals surface area contributed by atoms with E-state index in [1.165, 1.54) is 6.42 Å². The van der Waals surface area contributed by atoms with Crippen LogP contribution in [0.5, 0.6) is 0 Å². The van der Waals surface area contributed by atoms with E-state index in [4.69, 9.17) is 5.21 Å². The molecule has 0 saturated heterocycles. The van der Waals surface area contributed by atoms with E-state index in [-0.39, 0.29) is 0 Å². The zero-order valence-electron chi connectivity index (χ0n) is 8.04. The first kappa shape index (κ1) is 8.09. The van der Waals surface area contributed by atoms with Crippen LogP contribution in [0.4, 0.5) is 0 Å². The van der Waals surface area contributed by atoms with Crippen LogP contribution in [0.25, 0.3) is 0 Å². The van der Waals surface area contributed by atoms with Crippen molar-refractivity contribution in [2.24, 2.45) is 28.3 Å². The van der Waals surface area contributed by atoms with E-state index in [0.717, 1.165) is 18.1 Å². The van der Waals surface area contributed by atoms with E-state index in [1.807, 2.05) is 0 Å². The summed E-state index contributed by atoms with van der Waals surface area (Å²) in [6.45, 7) is 6.97. The van der Waals surface area contributed by atoms with Crippen LogP contribution in [0.15, 0.2) is 5.16 Å². The molecular formula is C10H17NO. The van der Waals surface area contributed by atoms with Gasteiger partial charge in [0.1, 0.15) is 0 Å². The van der Waals surface area contributed by atoms with Crippen molar-refractivity contribution in [2.45, 2.75) is 33.6 Å². The Morgan fingerprint density at radius 1 is 1.50 bits per heavy atom. The van der Waals surface area contributed by atoms with E-state index in [1.54, 1.807) is 0 Å². The zero-order valence-corrected chi connectivity index (χ0v) is 8.04. The fourth-order valence-corrected chi connectivity index (χ4v) is 2.99. The summed E-state index contributed by atoms with van der Waals surface area (Å²) < 4.78 is 0. The van der Waals surface area contributed by atoms with Crippen LogP contribution in [0.1, 0.15) is 33.6 Å². The highest BCUT2D eigenvalue weighted by Gasteiger charge is 2.53. The number of hydrogen-bond donors (Lipinski definition) is 1. The summed E-state index contributed by atoms with van der Waals surface area (Å²) in [5, 5.41) is 12.2. The van der Waals surface area contributed by atoms with Crippen LogP contribution >= 0.6 is 0 Å². The molecule has 0 heterocycles. The summed E-state index contributed by atoms with van der Waals surface area (Å²) in [4.78, 5) is 0. The van der Waals surface area contributed by atoms with Gasteiger partial charge in [-0.1, -0.05) is 25.9 Å². The number of rotatable bonds is 0. The van der Waals surface area contributed by atoms with E-state index < -0.39 is 0 Å². The van der Waals surface area contributed by atoms with Gasteiger partial charge >= 0.3 is 0 Å². The second kappa shape index (κ2) is 2.24. The molecule has 2 bridgehead atoms. The fraction of sp³-hybridized carbons (Fsp3) is 0.900. The van der Waals surface area contributed by atoms with Gasteiger partial charge in [-0.2, -0.15) is 0 Å². The molecule has 0 aliphatic heterocycles. The molecule has 2 aliphatic carbocycles. The minimum absolute atomic E-state index is 0.457. The molecule has 0 unspecified atom stereocenters. The number of hydrogen-bond acceptors (Lipinski definition) is 2. The third-order valence-electron chi connectivity index (χ3n) is 4.38. The van der Waals surface area contributed by atoms with Crippen molar-refractivity contribution in [2.75, 3.05) is 0 Å². The predicted octanol–water partition coefficient (Wildman–Crippen LogP) is 2.52. The third kappa shape index (κ3) is 0.782. The second-order valence-corrected chi connectivity index (χ2v) is 4.94. The molecule has 2 nitrogen and oxygen atoms in total. The van der Waals surface area contributed by atoms with Crippen molar-refractivity contribution in [3.63, 3.8) is 0 Å². The first-order valence-corrected chi connectivity index (χ1v) is 4.78. The quantitative estimate of drug-likeness (QED) is 0.436. The molecule has 1 N–H and O–H groups in total. The second-order valence-electron chi connectivity index (χ2n) is 4.94. The van der Waals surface area contributed by atoms with Crippen molar-refractivity contribution in [3.8, 4) is 0 Å². The Labute approximate surface area is 73.7 Å². The lowest BCUT2D eigenvalue weighted by Gasteiger charge is -2.36. The van der Waals surface area contributed by atoms with Gasteiger partial charge in [0.25, 0.3) is 0 Å². The predicted molar refractivity (Wildman–Crippen MR) is 48.4 cm³/mol. The summed E-state index contributed by atoms with van der Waals surface area (Å²) in [5.74, 6) is 2.00. The van der Waals surface area contributed by atoms with Crippen molar-refractivity contribution < 1.29 is 5.21 Å². The first-order chi connectivity index (χ1) is 5.57. The van der Waals surface area contributed by atoms with E-state index in [9.17, 15) is 0 Å². The fourth-order valence-electron chi connectivity index (χ4n) is 2.99. The molecular weight excluding hydrogens is 150 g/mol. The van der Waals surface area contributed by atoms with E-state index >= 15 is 0 Å². The lowest BCUT2D eigenvalue weighted by Crippen LogP contribution is -2.33. The van der Waals surface area contributed by atoms with Gasteiger partial charge in [0.05, 0.1) is 5.71 Å². The van der Waals surface area contributed by atoms with Gasteiger partial charge in [-0.15, -0.1) is 0 Å². The molecule has 2 fully saturated rings. The summed E-state index contributed by atoms with van der Waals surface area (Å²) in [6, 6.07) is 0. The zero-order chi connectivity index (χ0) is 8.93. The van der Waals surface area contributed by atoms with Crippen molar-refractivity contribution in [3.05, 3.63) is 0 Å². The Morgan fingerprint density at radius 2 is 2.17 bits per heavy atom. The van der Waals surface area contributed by atoms with Crippen LogP contribution in [0, 0.1) is 23.2 Å². The van der Waals surface area contributed by atoms with Gasteiger partial charge in [0, 0.05) is 5.92 Å². The summed E-state index contributed by atoms with van der Waals surface area (Å²) in [6.07, 6.45) is 2.27. The Hall–Kier alpha value is -0.530. The molecule has 2 saturated carbocycles. The standard InChI is InChI=1S/C10H17NO/c1-6-8-4-7(10(6,2)3)5-9(8)11-12/h6-8,12H,4-5H2,1-3H3/b11-9-/t6-,7+,8+/m1/s1. The normalized spacial score (nSPS) is 47.2. The maximum Gasteiger partial charge on any atom is 0.0607 e. The minimum Gasteiger partial charge on any atom is -0.411 e. The smallest absolute Gasteiger partial charge is 0.0607 e. The molecule has 0 aromatic rings. The van der Waals surface area contributed by atoms with Crippen LogP contribution in [0.2, 0.25) is 0 Å². The molecule has 68 valence electrons. The SMILES string of the molecule is C[C@@H]1[C@@H]2C[C@@H](C/C2=N/O)C1(C)C. The number of oxime groups is 1. The Kier molecular flexibility index (Phi) is 1.51. The van der Waals surface area contributed by atoms with E-state index in [2.05, 4.69) is 25.9 Å². The largest absolute Gasteiger partial charge is 0.411 e. The third-order valence-corrected chi connectivity index (χ3v) is 4.38. The van der Waals surface area contributed by atoms with Gasteiger partial charge < -0.3 is 5.21 Å². The summed E-state index contributed by atoms with van der Waals surface area (Å²) in [5.41, 5.74) is 1.51. The molecule has 0 radical (unpaired) electrons. The average Bonchev–Trinajstić information content (AvgIpc) is 2.52. The Morgan fingerprint density at radius 3 is 2.58 bits per heavy atom. The Balaban J connectivity index is 2.29. The molecule has 0 aromatic carbocycles. The highest BCUT2D eigenvalue weighted by molar-refractivity contribution is 5.90. The number of nitrogens with zero attached hydrogens (tertiary/aromatic N) is 1. The highest BCUT2D eigenvalue weighted by atomic mass is 16.4. The molecule has 0 amide bonds. The molecule has 2 heteroatoms. The number of fused-ring (bicyclic) bond motifs is 2. The van der Waals surface area contributed by atoms with Gasteiger partial charge in [-0.3, -0.25) is 0 Å². The van der Waals surface area contributed by atoms with Crippen LogP contribution in [-0.2, 0) is 0 Å². The maximum absolute atomic E-state index is 8.76.